The Labute approximate surface area is 269 Å². The van der Waals surface area contributed by atoms with E-state index in [1.807, 2.05) is 45.9 Å². The molecule has 11 nitrogen and oxygen atoms in total. The average molecular weight is 649 g/mol. The second kappa shape index (κ2) is 13.7. The number of fused-ring (bicyclic) bond motifs is 5. The van der Waals surface area contributed by atoms with Crippen LogP contribution in [0.3, 0.4) is 0 Å². The van der Waals surface area contributed by atoms with Crippen molar-refractivity contribution in [3.8, 4) is 5.75 Å². The number of nitrogens with one attached hydrogen (secondary N) is 1. The van der Waals surface area contributed by atoms with E-state index in [0.717, 1.165) is 11.1 Å². The van der Waals surface area contributed by atoms with E-state index in [2.05, 4.69) is 5.32 Å². The molecule has 248 valence electrons. The third-order valence-corrected chi connectivity index (χ3v) is 9.18. The number of epoxide rings is 1. The molecule has 0 saturated carbocycles. The standard InChI is InChI=1S/C33H45ClN2O9/c1-18(2)12-28(38)44-26-16-27(37)36(6)22-14-21(15-23(41-7)29(22)34)13-19(3)10-9-11-25(42-8)33(40)17-24(43-31(39)35-33)20(4)30-32(26,5)45-30/h9-11,14-15,18,20,24-26,30,40H,12-13,16-17H2,1-8H3,(H,35,39)/b11-9+,19-10+/t20-,24?,25-,26-,30?,32?,33+/m1/s1. The molecule has 4 bridgehead atoms. The lowest BCUT2D eigenvalue weighted by Gasteiger charge is -2.42. The van der Waals surface area contributed by atoms with Gasteiger partial charge >= 0.3 is 12.1 Å². The molecular weight excluding hydrogens is 604 g/mol. The predicted molar refractivity (Wildman–Crippen MR) is 168 cm³/mol. The van der Waals surface area contributed by atoms with Gasteiger partial charge in [-0.15, -0.1) is 0 Å². The van der Waals surface area contributed by atoms with Crippen LogP contribution in [-0.4, -0.2) is 80.1 Å². The number of ether oxygens (including phenoxy) is 5. The van der Waals surface area contributed by atoms with Gasteiger partial charge in [-0.1, -0.05) is 56.2 Å². The van der Waals surface area contributed by atoms with Gasteiger partial charge in [0.15, 0.2) is 5.72 Å². The molecule has 2 saturated heterocycles. The number of aliphatic hydroxyl groups is 1. The lowest BCUT2D eigenvalue weighted by molar-refractivity contribution is -0.154. The molecule has 0 radical (unpaired) electrons. The number of esters is 1. The van der Waals surface area contributed by atoms with Crippen molar-refractivity contribution in [2.24, 2.45) is 11.8 Å². The number of nitrogens with zero attached hydrogens (tertiary/aromatic N) is 1. The number of allylic oxidation sites excluding steroid dienone is 3. The molecule has 7 atom stereocenters. The van der Waals surface area contributed by atoms with Crippen LogP contribution in [0.25, 0.3) is 0 Å². The highest BCUT2D eigenvalue weighted by atomic mass is 35.5. The third kappa shape index (κ3) is 7.65. The maximum atomic E-state index is 13.8. The quantitative estimate of drug-likeness (QED) is 0.344. The topological polar surface area (TPSA) is 136 Å². The minimum atomic E-state index is -1.77. The summed E-state index contributed by atoms with van der Waals surface area (Å²) < 4.78 is 28.9. The third-order valence-electron chi connectivity index (χ3n) is 8.80. The van der Waals surface area contributed by atoms with Crippen molar-refractivity contribution in [3.63, 3.8) is 0 Å². The number of rotatable bonds is 5. The second-order valence-corrected chi connectivity index (χ2v) is 13.3. The van der Waals surface area contributed by atoms with Crippen LogP contribution in [0.5, 0.6) is 5.75 Å². The summed E-state index contributed by atoms with van der Waals surface area (Å²) in [7, 11) is 4.57. The van der Waals surface area contributed by atoms with Crippen LogP contribution in [0.15, 0.2) is 35.9 Å². The van der Waals surface area contributed by atoms with Crippen molar-refractivity contribution in [1.29, 1.82) is 0 Å². The van der Waals surface area contributed by atoms with Crippen molar-refractivity contribution in [3.05, 3.63) is 46.5 Å². The number of halogens is 1. The number of methoxy groups -OCH3 is 2. The Morgan fingerprint density at radius 1 is 1.27 bits per heavy atom. The molecule has 3 aliphatic heterocycles. The zero-order valence-corrected chi connectivity index (χ0v) is 28.0. The van der Waals surface area contributed by atoms with Gasteiger partial charge in [-0.05, 0) is 43.9 Å². The van der Waals surface area contributed by atoms with Gasteiger partial charge < -0.3 is 33.7 Å². The lowest BCUT2D eigenvalue weighted by atomic mass is 9.83. The molecule has 0 spiro atoms. The molecule has 0 aromatic heterocycles. The predicted octanol–water partition coefficient (Wildman–Crippen LogP) is 4.71. The van der Waals surface area contributed by atoms with Crippen LogP contribution in [-0.2, 0) is 35.0 Å². The van der Waals surface area contributed by atoms with Gasteiger partial charge in [0.1, 0.15) is 34.7 Å². The van der Waals surface area contributed by atoms with E-state index < -0.39 is 53.7 Å². The first-order valence-corrected chi connectivity index (χ1v) is 15.6. The van der Waals surface area contributed by atoms with Gasteiger partial charge in [-0.2, -0.15) is 0 Å². The number of hydrogen-bond acceptors (Lipinski definition) is 9. The monoisotopic (exact) mass is 648 g/mol. The van der Waals surface area contributed by atoms with Gasteiger partial charge in [-0.25, -0.2) is 4.79 Å². The van der Waals surface area contributed by atoms with Crippen LogP contribution < -0.4 is 15.0 Å². The first-order chi connectivity index (χ1) is 21.1. The summed E-state index contributed by atoms with van der Waals surface area (Å²) in [5, 5.41) is 14.4. The van der Waals surface area contributed by atoms with E-state index >= 15 is 0 Å². The van der Waals surface area contributed by atoms with Crippen LogP contribution in [0.2, 0.25) is 5.02 Å². The van der Waals surface area contributed by atoms with Gasteiger partial charge in [0, 0.05) is 32.9 Å². The molecule has 45 heavy (non-hydrogen) atoms. The number of alkyl carbamates (subject to hydrolysis) is 1. The average Bonchev–Trinajstić information content (AvgIpc) is 3.65. The van der Waals surface area contributed by atoms with E-state index in [1.165, 1.54) is 19.1 Å². The van der Waals surface area contributed by atoms with Gasteiger partial charge in [-0.3, -0.25) is 14.9 Å². The van der Waals surface area contributed by atoms with Crippen molar-refractivity contribution in [2.45, 2.75) is 96.0 Å². The molecule has 2 fully saturated rings. The zero-order valence-electron chi connectivity index (χ0n) is 27.2. The fourth-order valence-electron chi connectivity index (χ4n) is 6.15. The summed E-state index contributed by atoms with van der Waals surface area (Å²) in [4.78, 5) is 40.9. The molecule has 3 heterocycles. The summed E-state index contributed by atoms with van der Waals surface area (Å²) in [6.07, 6.45) is 1.84. The molecule has 4 rings (SSSR count). The number of hydrogen-bond donors (Lipinski definition) is 2. The highest BCUT2D eigenvalue weighted by molar-refractivity contribution is 6.35. The van der Waals surface area contributed by atoms with Gasteiger partial charge in [0.05, 0.1) is 25.3 Å². The first kappa shape index (κ1) is 34.7. The van der Waals surface area contributed by atoms with Gasteiger partial charge in [0.2, 0.25) is 5.91 Å². The van der Waals surface area contributed by atoms with Crippen LogP contribution in [0, 0.1) is 11.8 Å². The van der Waals surface area contributed by atoms with Crippen LogP contribution in [0.4, 0.5) is 10.5 Å². The van der Waals surface area contributed by atoms with E-state index in [1.54, 1.807) is 26.1 Å². The molecule has 0 aliphatic carbocycles. The summed E-state index contributed by atoms with van der Waals surface area (Å²) in [5.41, 5.74) is -0.578. The van der Waals surface area contributed by atoms with E-state index in [4.69, 9.17) is 35.3 Å². The highest BCUT2D eigenvalue weighted by Crippen LogP contribution is 2.49. The number of benzene rings is 1. The van der Waals surface area contributed by atoms with E-state index in [9.17, 15) is 19.5 Å². The molecule has 3 unspecified atom stereocenters. The minimum absolute atomic E-state index is 0.00495. The Bertz CT molecular complexity index is 1360. The first-order valence-electron chi connectivity index (χ1n) is 15.2. The van der Waals surface area contributed by atoms with Crippen molar-refractivity contribution in [2.75, 3.05) is 26.2 Å². The summed E-state index contributed by atoms with van der Waals surface area (Å²) >= 11 is 6.70. The molecule has 2 N–H and O–H groups in total. The lowest BCUT2D eigenvalue weighted by Crippen LogP contribution is -2.63. The molecule has 3 aliphatic rings. The fraction of sp³-hybridized carbons (Fsp3) is 0.606. The Balaban J connectivity index is 1.79. The smallest absolute Gasteiger partial charge is 0.409 e. The second-order valence-electron chi connectivity index (χ2n) is 12.9. The molecule has 2 amide bonds. The summed E-state index contributed by atoms with van der Waals surface area (Å²) in [5.74, 6) is -0.779. The normalized spacial score (nSPS) is 34.2. The summed E-state index contributed by atoms with van der Waals surface area (Å²) in [6.45, 7) is 9.36. The highest BCUT2D eigenvalue weighted by Gasteiger charge is 2.64. The molecular formula is C33H45ClN2O9. The fourth-order valence-corrected chi connectivity index (χ4v) is 6.46. The van der Waals surface area contributed by atoms with Gasteiger partial charge in [0.25, 0.3) is 0 Å². The van der Waals surface area contributed by atoms with Crippen molar-refractivity contribution >= 4 is 35.3 Å². The van der Waals surface area contributed by atoms with Crippen molar-refractivity contribution < 1.29 is 43.2 Å². The Morgan fingerprint density at radius 3 is 2.62 bits per heavy atom. The Morgan fingerprint density at radius 2 is 1.98 bits per heavy atom. The largest absolute Gasteiger partial charge is 0.495 e. The van der Waals surface area contributed by atoms with E-state index in [-0.39, 0.29) is 36.1 Å². The summed E-state index contributed by atoms with van der Waals surface area (Å²) in [6, 6.07) is 3.64. The molecule has 1 aromatic rings. The maximum Gasteiger partial charge on any atom is 0.409 e. The SMILES string of the molecule is COc1cc2cc(c1Cl)N(C)C(=O)C[C@@H](OC(=O)CC(C)C)C1(C)OC1[C@H](C)C1C[C@@](O)(NC(=O)O1)[C@H](OC)/C=C/C=C(\C)C2. The van der Waals surface area contributed by atoms with Crippen molar-refractivity contribution in [1.82, 2.24) is 5.32 Å². The Kier molecular flexibility index (Phi) is 10.6. The number of anilines is 1. The molecule has 1 aromatic carbocycles. The van der Waals surface area contributed by atoms with E-state index in [0.29, 0.717) is 17.9 Å². The maximum absolute atomic E-state index is 13.8. The number of carbonyl (C=O) groups excluding carboxylic acids is 3. The zero-order chi connectivity index (χ0) is 33.3. The minimum Gasteiger partial charge on any atom is -0.495 e. The number of carbonyl (C=O) groups is 3. The van der Waals surface area contributed by atoms with Crippen LogP contribution in [0.1, 0.15) is 59.4 Å². The van der Waals surface area contributed by atoms with Crippen LogP contribution >= 0.6 is 11.6 Å². The Hall–Kier alpha value is -3.12. The number of amides is 2. The molecule has 12 heteroatoms.